The van der Waals surface area contributed by atoms with Crippen LogP contribution in [0.1, 0.15) is 18.3 Å². The molecule has 1 rings (SSSR count). The number of hydrogen-bond acceptors (Lipinski definition) is 4. The van der Waals surface area contributed by atoms with E-state index >= 15 is 0 Å². The summed E-state index contributed by atoms with van der Waals surface area (Å²) >= 11 is 0. The lowest BCUT2D eigenvalue weighted by molar-refractivity contribution is -0.292. The van der Waals surface area contributed by atoms with E-state index in [1.54, 1.807) is 12.1 Å². The molecule has 0 aliphatic carbocycles. The average molecular weight is 305 g/mol. The Morgan fingerprint density at radius 2 is 1.86 bits per heavy atom. The summed E-state index contributed by atoms with van der Waals surface area (Å²) < 4.78 is 63.4. The van der Waals surface area contributed by atoms with Crippen LogP contribution >= 0.6 is 0 Å². The Bertz CT molecular complexity index is 577. The first-order chi connectivity index (χ1) is 9.68. The third kappa shape index (κ3) is 3.16. The van der Waals surface area contributed by atoms with E-state index in [1.807, 2.05) is 0 Å². The number of halogens is 5. The molecule has 5 nitrogen and oxygen atoms in total. The number of rotatable bonds is 5. The summed E-state index contributed by atoms with van der Waals surface area (Å²) in [4.78, 5) is 2.94. The summed E-state index contributed by atoms with van der Waals surface area (Å²) in [7, 11) is 0. The van der Waals surface area contributed by atoms with Gasteiger partial charge in [-0.05, 0) is 6.42 Å². The van der Waals surface area contributed by atoms with Crippen LogP contribution in [0.2, 0.25) is 0 Å². The number of allylic oxidation sites excluding steroid dienone is 1. The van der Waals surface area contributed by atoms with Crippen LogP contribution in [0.15, 0.2) is 19.0 Å². The molecule has 10 heteroatoms. The maximum atomic E-state index is 13.1. The third-order valence-electron chi connectivity index (χ3n) is 2.56. The molecule has 0 aliphatic heterocycles. The molecular weight excluding hydrogens is 297 g/mol. The Hall–Kier alpha value is -2.49. The monoisotopic (exact) mass is 305 g/mol. The van der Waals surface area contributed by atoms with Crippen molar-refractivity contribution < 1.29 is 22.0 Å². The molecule has 0 aliphatic rings. The zero-order valence-corrected chi connectivity index (χ0v) is 10.3. The van der Waals surface area contributed by atoms with Gasteiger partial charge in [-0.25, -0.2) is 9.67 Å². The fraction of sp³-hybridized carbons (Fsp3) is 0.455. The maximum absolute atomic E-state index is 13.1. The Morgan fingerprint density at radius 1 is 1.29 bits per heavy atom. The number of hydrogen-bond donors (Lipinski definition) is 0. The van der Waals surface area contributed by atoms with Gasteiger partial charge in [-0.15, -0.1) is 11.7 Å². The largest absolute Gasteiger partial charge is 0.461 e. The molecule has 0 radical (unpaired) electrons. The van der Waals surface area contributed by atoms with Gasteiger partial charge in [0.2, 0.25) is 5.82 Å². The second-order valence-electron chi connectivity index (χ2n) is 3.95. The van der Waals surface area contributed by atoms with Crippen molar-refractivity contribution in [1.29, 1.82) is 10.5 Å². The molecule has 1 atom stereocenters. The van der Waals surface area contributed by atoms with E-state index in [0.717, 1.165) is 0 Å². The third-order valence-corrected chi connectivity index (χ3v) is 2.56. The summed E-state index contributed by atoms with van der Waals surface area (Å²) in [5.74, 6) is -8.25. The Morgan fingerprint density at radius 3 is 2.29 bits per heavy atom. The molecule has 0 saturated carbocycles. The van der Waals surface area contributed by atoms with E-state index in [2.05, 4.69) is 16.7 Å². The van der Waals surface area contributed by atoms with Gasteiger partial charge in [0.15, 0.2) is 5.92 Å². The lowest BCUT2D eigenvalue weighted by Gasteiger charge is -2.17. The van der Waals surface area contributed by atoms with Crippen LogP contribution in [0.4, 0.5) is 22.0 Å². The smallest absolute Gasteiger partial charge is 0.247 e. The van der Waals surface area contributed by atoms with E-state index in [-0.39, 0.29) is 6.42 Å². The molecule has 0 N–H and O–H groups in total. The Kier molecular flexibility index (Phi) is 4.63. The van der Waals surface area contributed by atoms with Crippen LogP contribution in [-0.2, 0) is 5.92 Å². The van der Waals surface area contributed by atoms with Gasteiger partial charge in [-0.2, -0.15) is 32.5 Å². The number of alkyl halides is 5. The van der Waals surface area contributed by atoms with Crippen LogP contribution in [0.25, 0.3) is 0 Å². The molecule has 1 unspecified atom stereocenters. The van der Waals surface area contributed by atoms with Gasteiger partial charge in [0.1, 0.15) is 6.33 Å². The second-order valence-corrected chi connectivity index (χ2v) is 3.95. The molecule has 0 aromatic carbocycles. The average Bonchev–Trinajstić information content (AvgIpc) is 2.87. The van der Waals surface area contributed by atoms with E-state index in [0.29, 0.717) is 11.0 Å². The van der Waals surface area contributed by atoms with Crippen molar-refractivity contribution in [1.82, 2.24) is 14.8 Å². The summed E-state index contributed by atoms with van der Waals surface area (Å²) in [6.07, 6.45) is -3.94. The van der Waals surface area contributed by atoms with Crippen LogP contribution in [0, 0.1) is 28.6 Å². The Labute approximate surface area is 115 Å². The van der Waals surface area contributed by atoms with Gasteiger partial charge >= 0.3 is 12.1 Å². The van der Waals surface area contributed by atoms with E-state index in [4.69, 9.17) is 10.5 Å². The normalized spacial score (nSPS) is 13.5. The van der Waals surface area contributed by atoms with Gasteiger partial charge in [0.25, 0.3) is 0 Å². The fourth-order valence-electron chi connectivity index (χ4n) is 1.47. The van der Waals surface area contributed by atoms with Gasteiger partial charge in [0.05, 0.1) is 18.2 Å². The highest BCUT2D eigenvalue weighted by Gasteiger charge is 2.61. The minimum atomic E-state index is -5.84. The first-order valence-corrected chi connectivity index (χ1v) is 5.45. The van der Waals surface area contributed by atoms with Crippen molar-refractivity contribution >= 4 is 0 Å². The molecule has 1 aromatic heterocycles. The SMILES string of the molecule is C=CCC(C(C#N)C#N)n1cnc(C(F)(F)C(F)(F)F)n1. The zero-order valence-electron chi connectivity index (χ0n) is 10.3. The first kappa shape index (κ1) is 16.6. The summed E-state index contributed by atoms with van der Waals surface area (Å²) in [5, 5.41) is 20.6. The van der Waals surface area contributed by atoms with Gasteiger partial charge in [-0.1, -0.05) is 6.08 Å². The summed E-state index contributed by atoms with van der Waals surface area (Å²) in [6, 6.07) is 2.16. The van der Waals surface area contributed by atoms with Crippen LogP contribution in [0.3, 0.4) is 0 Å². The standard InChI is InChI=1S/C11H8F5N5/c1-2-3-8(7(4-17)5-18)21-6-19-9(20-21)10(12,13)11(14,15)16/h2,6-8H,1,3H2. The van der Waals surface area contributed by atoms with Crippen molar-refractivity contribution in [3.05, 3.63) is 24.8 Å². The van der Waals surface area contributed by atoms with Crippen LogP contribution in [0.5, 0.6) is 0 Å². The maximum Gasteiger partial charge on any atom is 0.461 e. The number of aromatic nitrogens is 3. The molecule has 112 valence electrons. The Balaban J connectivity index is 3.20. The van der Waals surface area contributed by atoms with Gasteiger partial charge in [0, 0.05) is 0 Å². The highest BCUT2D eigenvalue weighted by atomic mass is 19.4. The lowest BCUT2D eigenvalue weighted by atomic mass is 10.0. The van der Waals surface area contributed by atoms with Crippen LogP contribution < -0.4 is 0 Å². The fourth-order valence-corrected chi connectivity index (χ4v) is 1.47. The molecule has 0 spiro atoms. The summed E-state index contributed by atoms with van der Waals surface area (Å²) in [6.45, 7) is 3.36. The topological polar surface area (TPSA) is 78.3 Å². The predicted octanol–water partition coefficient (Wildman–Crippen LogP) is 2.71. The van der Waals surface area contributed by atoms with E-state index in [1.165, 1.54) is 6.08 Å². The minimum Gasteiger partial charge on any atom is -0.247 e. The predicted molar refractivity (Wildman–Crippen MR) is 58.5 cm³/mol. The molecule has 0 fully saturated rings. The summed E-state index contributed by atoms with van der Waals surface area (Å²) in [5.41, 5.74) is 0. The molecule has 0 bridgehead atoms. The van der Waals surface area contributed by atoms with Crippen molar-refractivity contribution in [2.45, 2.75) is 24.6 Å². The first-order valence-electron chi connectivity index (χ1n) is 5.45. The zero-order chi connectivity index (χ0) is 16.3. The second kappa shape index (κ2) is 5.87. The molecule has 0 amide bonds. The molecule has 1 heterocycles. The van der Waals surface area contributed by atoms with Gasteiger partial charge < -0.3 is 0 Å². The highest BCUT2D eigenvalue weighted by Crippen LogP contribution is 2.42. The van der Waals surface area contributed by atoms with Crippen molar-refractivity contribution in [3.8, 4) is 12.1 Å². The van der Waals surface area contributed by atoms with Gasteiger partial charge in [-0.3, -0.25) is 0 Å². The lowest BCUT2D eigenvalue weighted by Crippen LogP contribution is -2.35. The minimum absolute atomic E-state index is 0.0217. The quantitative estimate of drug-likeness (QED) is 0.619. The van der Waals surface area contributed by atoms with Crippen molar-refractivity contribution in [2.75, 3.05) is 0 Å². The molecule has 0 saturated heterocycles. The van der Waals surface area contributed by atoms with Crippen molar-refractivity contribution in [3.63, 3.8) is 0 Å². The molecule has 21 heavy (non-hydrogen) atoms. The highest BCUT2D eigenvalue weighted by molar-refractivity contribution is 5.07. The van der Waals surface area contributed by atoms with E-state index in [9.17, 15) is 22.0 Å². The van der Waals surface area contributed by atoms with Crippen LogP contribution in [-0.4, -0.2) is 20.9 Å². The molecule has 1 aromatic rings. The number of nitriles is 2. The van der Waals surface area contributed by atoms with E-state index < -0.39 is 29.9 Å². The van der Waals surface area contributed by atoms with Crippen molar-refractivity contribution in [2.24, 2.45) is 5.92 Å². The number of nitrogens with zero attached hydrogens (tertiary/aromatic N) is 5. The molecular formula is C11H8F5N5.